The van der Waals surface area contributed by atoms with E-state index in [4.69, 9.17) is 0 Å². The molecule has 1 aromatic carbocycles. The summed E-state index contributed by atoms with van der Waals surface area (Å²) in [5.74, 6) is 0.258. The fourth-order valence-electron chi connectivity index (χ4n) is 3.48. The molecule has 0 amide bonds. The lowest BCUT2D eigenvalue weighted by Gasteiger charge is -2.31. The molecular formula is C15H18F3N. The molecule has 1 fully saturated rings. The monoisotopic (exact) mass is 269 g/mol. The Morgan fingerprint density at radius 1 is 1.11 bits per heavy atom. The van der Waals surface area contributed by atoms with Gasteiger partial charge in [0.25, 0.3) is 0 Å². The molecule has 4 heteroatoms. The molecule has 2 aliphatic rings. The van der Waals surface area contributed by atoms with Gasteiger partial charge in [-0.3, -0.25) is 0 Å². The Bertz CT molecular complexity index is 461. The molecule has 0 saturated carbocycles. The summed E-state index contributed by atoms with van der Waals surface area (Å²) in [5.41, 5.74) is 1.54. The largest absolute Gasteiger partial charge is 0.416 e. The van der Waals surface area contributed by atoms with Gasteiger partial charge in [0.15, 0.2) is 0 Å². The van der Waals surface area contributed by atoms with Crippen LogP contribution in [0.1, 0.15) is 48.3 Å². The second-order valence-corrected chi connectivity index (χ2v) is 5.61. The number of hydrogen-bond acceptors (Lipinski definition) is 1. The number of halogens is 3. The maximum Gasteiger partial charge on any atom is 0.416 e. The Morgan fingerprint density at radius 3 is 2.63 bits per heavy atom. The Labute approximate surface area is 111 Å². The molecule has 3 rings (SSSR count). The fourth-order valence-corrected chi connectivity index (χ4v) is 3.48. The maximum absolute atomic E-state index is 12.8. The molecule has 0 aromatic heterocycles. The van der Waals surface area contributed by atoms with Crippen molar-refractivity contribution in [1.82, 2.24) is 5.32 Å². The van der Waals surface area contributed by atoms with Crippen molar-refractivity contribution >= 4 is 0 Å². The fraction of sp³-hybridized carbons (Fsp3) is 0.600. The summed E-state index contributed by atoms with van der Waals surface area (Å²) < 4.78 is 38.5. The average molecular weight is 269 g/mol. The Balaban J connectivity index is 1.97. The molecule has 1 aromatic rings. The van der Waals surface area contributed by atoms with E-state index in [1.165, 1.54) is 12.1 Å². The molecule has 1 N–H and O–H groups in total. The summed E-state index contributed by atoms with van der Waals surface area (Å²) in [6.07, 6.45) is 0.986. The minimum Gasteiger partial charge on any atom is -0.313 e. The molecule has 2 atom stereocenters. The van der Waals surface area contributed by atoms with Crippen molar-refractivity contribution in [3.63, 3.8) is 0 Å². The number of hydrogen-bond donors (Lipinski definition) is 1. The van der Waals surface area contributed by atoms with E-state index in [0.29, 0.717) is 6.04 Å². The van der Waals surface area contributed by atoms with Gasteiger partial charge in [0, 0.05) is 6.04 Å². The highest BCUT2D eigenvalue weighted by molar-refractivity contribution is 5.38. The number of aryl methyl sites for hydroxylation is 1. The van der Waals surface area contributed by atoms with E-state index < -0.39 is 11.7 Å². The Morgan fingerprint density at radius 2 is 1.95 bits per heavy atom. The smallest absolute Gasteiger partial charge is 0.313 e. The van der Waals surface area contributed by atoms with Crippen LogP contribution >= 0.6 is 0 Å². The predicted octanol–water partition coefficient (Wildman–Crippen LogP) is 3.88. The second-order valence-electron chi connectivity index (χ2n) is 5.61. The van der Waals surface area contributed by atoms with E-state index in [1.807, 2.05) is 0 Å². The lowest BCUT2D eigenvalue weighted by Crippen LogP contribution is -2.31. The highest BCUT2D eigenvalue weighted by Crippen LogP contribution is 2.39. The average Bonchev–Trinajstić information content (AvgIpc) is 2.90. The van der Waals surface area contributed by atoms with Gasteiger partial charge < -0.3 is 5.32 Å². The minimum absolute atomic E-state index is 0.258. The number of alkyl halides is 3. The van der Waals surface area contributed by atoms with Crippen LogP contribution in [0, 0.1) is 0 Å². The summed E-state index contributed by atoms with van der Waals surface area (Å²) in [6, 6.07) is 4.66. The van der Waals surface area contributed by atoms with E-state index in [2.05, 4.69) is 5.32 Å². The predicted molar refractivity (Wildman–Crippen MR) is 68.1 cm³/mol. The lowest BCUT2D eigenvalue weighted by molar-refractivity contribution is -0.137. The van der Waals surface area contributed by atoms with Crippen molar-refractivity contribution in [3.8, 4) is 0 Å². The van der Waals surface area contributed by atoms with Crippen LogP contribution in [-0.2, 0) is 12.6 Å². The quantitative estimate of drug-likeness (QED) is 0.816. The Hall–Kier alpha value is -1.03. The first-order valence-electron chi connectivity index (χ1n) is 6.99. The molecule has 1 heterocycles. The molecule has 0 spiro atoms. The van der Waals surface area contributed by atoms with E-state index in [0.717, 1.165) is 49.8 Å². The number of fused-ring (bicyclic) bond motifs is 1. The van der Waals surface area contributed by atoms with Crippen LogP contribution in [-0.4, -0.2) is 12.6 Å². The van der Waals surface area contributed by atoms with Crippen molar-refractivity contribution < 1.29 is 13.2 Å². The zero-order chi connectivity index (χ0) is 13.5. The summed E-state index contributed by atoms with van der Waals surface area (Å²) in [6.45, 7) is 0.995. The van der Waals surface area contributed by atoms with Crippen molar-refractivity contribution in [2.75, 3.05) is 6.54 Å². The topological polar surface area (TPSA) is 12.0 Å². The lowest BCUT2D eigenvalue weighted by atomic mass is 9.77. The molecule has 1 saturated heterocycles. The molecule has 0 bridgehead atoms. The Kier molecular flexibility index (Phi) is 3.29. The van der Waals surface area contributed by atoms with Gasteiger partial charge in [-0.2, -0.15) is 13.2 Å². The van der Waals surface area contributed by atoms with Gasteiger partial charge in [0.1, 0.15) is 0 Å². The van der Waals surface area contributed by atoms with Crippen molar-refractivity contribution in [1.29, 1.82) is 0 Å². The summed E-state index contributed by atoms with van der Waals surface area (Å²) in [7, 11) is 0. The van der Waals surface area contributed by atoms with Crippen molar-refractivity contribution in [2.24, 2.45) is 0 Å². The standard InChI is InChI=1S/C15H18F3N/c16-15(17,18)11-7-6-10-3-1-4-12(13(10)9-11)14-5-2-8-19-14/h6-7,9,12,14,19H,1-5,8H2. The van der Waals surface area contributed by atoms with Crippen LogP contribution in [0.5, 0.6) is 0 Å². The van der Waals surface area contributed by atoms with Gasteiger partial charge in [0.2, 0.25) is 0 Å². The molecule has 2 unspecified atom stereocenters. The maximum atomic E-state index is 12.8. The highest BCUT2D eigenvalue weighted by Gasteiger charge is 2.34. The van der Waals surface area contributed by atoms with Crippen LogP contribution in [0.2, 0.25) is 0 Å². The van der Waals surface area contributed by atoms with Gasteiger partial charge in [-0.05, 0) is 67.8 Å². The van der Waals surface area contributed by atoms with E-state index in [9.17, 15) is 13.2 Å². The number of nitrogens with one attached hydrogen (secondary N) is 1. The van der Waals surface area contributed by atoms with Crippen LogP contribution in [0.3, 0.4) is 0 Å². The normalized spacial score (nSPS) is 27.3. The molecule has 1 nitrogen and oxygen atoms in total. The minimum atomic E-state index is -4.24. The summed E-state index contributed by atoms with van der Waals surface area (Å²) in [4.78, 5) is 0. The summed E-state index contributed by atoms with van der Waals surface area (Å²) in [5, 5.41) is 3.44. The number of rotatable bonds is 1. The van der Waals surface area contributed by atoms with Crippen molar-refractivity contribution in [2.45, 2.75) is 50.2 Å². The van der Waals surface area contributed by atoms with Gasteiger partial charge >= 0.3 is 6.18 Å². The molecular weight excluding hydrogens is 251 g/mol. The molecule has 104 valence electrons. The van der Waals surface area contributed by atoms with Crippen LogP contribution in [0.4, 0.5) is 13.2 Å². The van der Waals surface area contributed by atoms with Crippen LogP contribution in [0.25, 0.3) is 0 Å². The zero-order valence-corrected chi connectivity index (χ0v) is 10.8. The van der Waals surface area contributed by atoms with Crippen LogP contribution in [0.15, 0.2) is 18.2 Å². The van der Waals surface area contributed by atoms with Gasteiger partial charge in [-0.25, -0.2) is 0 Å². The molecule has 1 aliphatic heterocycles. The van der Waals surface area contributed by atoms with E-state index in [-0.39, 0.29) is 5.92 Å². The SMILES string of the molecule is FC(F)(F)c1ccc2c(c1)C(C1CCCN1)CCC2. The third-order valence-corrected chi connectivity index (χ3v) is 4.42. The van der Waals surface area contributed by atoms with Crippen LogP contribution < -0.4 is 5.32 Å². The second kappa shape index (κ2) is 4.82. The van der Waals surface area contributed by atoms with E-state index in [1.54, 1.807) is 6.07 Å². The highest BCUT2D eigenvalue weighted by atomic mass is 19.4. The third-order valence-electron chi connectivity index (χ3n) is 4.42. The zero-order valence-electron chi connectivity index (χ0n) is 10.8. The first kappa shape index (κ1) is 13.0. The first-order valence-corrected chi connectivity index (χ1v) is 6.99. The molecule has 0 radical (unpaired) electrons. The third kappa shape index (κ3) is 2.50. The first-order chi connectivity index (χ1) is 9.05. The number of benzene rings is 1. The van der Waals surface area contributed by atoms with E-state index >= 15 is 0 Å². The van der Waals surface area contributed by atoms with Gasteiger partial charge in [-0.15, -0.1) is 0 Å². The summed E-state index contributed by atoms with van der Waals surface area (Å²) >= 11 is 0. The van der Waals surface area contributed by atoms with Gasteiger partial charge in [0.05, 0.1) is 5.56 Å². The van der Waals surface area contributed by atoms with Crippen molar-refractivity contribution in [3.05, 3.63) is 34.9 Å². The molecule has 19 heavy (non-hydrogen) atoms. The molecule has 1 aliphatic carbocycles. The van der Waals surface area contributed by atoms with Gasteiger partial charge in [-0.1, -0.05) is 6.07 Å².